The summed E-state index contributed by atoms with van der Waals surface area (Å²) in [6.07, 6.45) is 3.33. The first kappa shape index (κ1) is 12.6. The molecule has 0 aliphatic heterocycles. The van der Waals surface area contributed by atoms with Gasteiger partial charge < -0.3 is 10.2 Å². The Hall–Kier alpha value is -0.870. The number of hydrogen-bond donors (Lipinski definition) is 2. The third-order valence-electron chi connectivity index (χ3n) is 3.53. The van der Waals surface area contributed by atoms with Gasteiger partial charge in [-0.2, -0.15) is 0 Å². The third-order valence-corrected chi connectivity index (χ3v) is 4.64. The first-order valence-corrected chi connectivity index (χ1v) is 6.76. The molecule has 0 saturated heterocycles. The molecule has 2 rings (SSSR count). The highest BCUT2D eigenvalue weighted by Crippen LogP contribution is 2.48. The highest BCUT2D eigenvalue weighted by atomic mass is 32.1. The van der Waals surface area contributed by atoms with Crippen LogP contribution in [0.5, 0.6) is 0 Å². The molecule has 1 aromatic rings. The lowest BCUT2D eigenvalue weighted by Gasteiger charge is -2.41. The van der Waals surface area contributed by atoms with Crippen LogP contribution in [0.2, 0.25) is 0 Å². The fourth-order valence-corrected chi connectivity index (χ4v) is 3.88. The van der Waals surface area contributed by atoms with Crippen molar-refractivity contribution in [3.8, 4) is 0 Å². The maximum atomic E-state index is 11.1. The maximum absolute atomic E-state index is 11.1. The first-order chi connectivity index (χ1) is 7.84. The third kappa shape index (κ3) is 2.38. The van der Waals surface area contributed by atoms with Crippen LogP contribution in [0.4, 0.5) is 0 Å². The lowest BCUT2D eigenvalue weighted by atomic mass is 9.69. The lowest BCUT2D eigenvalue weighted by molar-refractivity contribution is -0.0418. The quantitative estimate of drug-likeness (QED) is 0.852. The number of thiophene rings is 1. The average molecular weight is 254 g/mol. The normalized spacial score (nSPS) is 27.9. The highest BCUT2D eigenvalue weighted by Gasteiger charge is 2.42. The van der Waals surface area contributed by atoms with E-state index >= 15 is 0 Å². The number of carboxylic acids is 1. The smallest absolute Gasteiger partial charge is 0.336 e. The summed E-state index contributed by atoms with van der Waals surface area (Å²) in [6, 6.07) is 1.59. The lowest BCUT2D eigenvalue weighted by Crippen LogP contribution is -2.36. The van der Waals surface area contributed by atoms with Crippen LogP contribution in [0.1, 0.15) is 54.8 Å². The van der Waals surface area contributed by atoms with Crippen LogP contribution >= 0.6 is 11.3 Å². The van der Waals surface area contributed by atoms with Crippen molar-refractivity contribution in [1.29, 1.82) is 0 Å². The molecule has 1 unspecified atom stereocenters. The molecule has 17 heavy (non-hydrogen) atoms. The Bertz CT molecular complexity index is 436. The molecule has 0 amide bonds. The van der Waals surface area contributed by atoms with Gasteiger partial charge in [-0.3, -0.25) is 0 Å². The van der Waals surface area contributed by atoms with Crippen molar-refractivity contribution in [1.82, 2.24) is 0 Å². The van der Waals surface area contributed by atoms with Gasteiger partial charge in [-0.15, -0.1) is 11.3 Å². The molecule has 1 fully saturated rings. The Morgan fingerprint density at radius 3 is 2.71 bits per heavy atom. The largest absolute Gasteiger partial charge is 0.478 e. The number of carbonyl (C=O) groups is 1. The molecule has 0 aromatic carbocycles. The van der Waals surface area contributed by atoms with E-state index in [1.807, 2.05) is 0 Å². The van der Waals surface area contributed by atoms with E-state index in [0.717, 1.165) is 12.8 Å². The molecular weight excluding hydrogens is 236 g/mol. The maximum Gasteiger partial charge on any atom is 0.336 e. The number of hydrogen-bond acceptors (Lipinski definition) is 3. The fourth-order valence-electron chi connectivity index (χ4n) is 2.86. The van der Waals surface area contributed by atoms with Gasteiger partial charge in [0.25, 0.3) is 0 Å². The van der Waals surface area contributed by atoms with E-state index in [-0.39, 0.29) is 11.0 Å². The summed E-state index contributed by atoms with van der Waals surface area (Å²) >= 11 is 1.35. The summed E-state index contributed by atoms with van der Waals surface area (Å²) < 4.78 is 0. The monoisotopic (exact) mass is 254 g/mol. The zero-order valence-electron chi connectivity index (χ0n) is 10.2. The van der Waals surface area contributed by atoms with Gasteiger partial charge in [-0.1, -0.05) is 13.8 Å². The minimum Gasteiger partial charge on any atom is -0.478 e. The van der Waals surface area contributed by atoms with Crippen LogP contribution in [0.15, 0.2) is 11.4 Å². The Kier molecular flexibility index (Phi) is 3.04. The Morgan fingerprint density at radius 1 is 1.41 bits per heavy atom. The topological polar surface area (TPSA) is 57.5 Å². The first-order valence-electron chi connectivity index (χ1n) is 5.88. The minimum atomic E-state index is -0.955. The number of rotatable bonds is 2. The SMILES string of the molecule is CC1(C)CCCC(O)(c2sccc2C(=O)O)C1. The van der Waals surface area contributed by atoms with Gasteiger partial charge in [0.15, 0.2) is 0 Å². The number of carboxylic acid groups (broad SMARTS) is 1. The summed E-state index contributed by atoms with van der Waals surface area (Å²) in [6.45, 7) is 4.26. The highest BCUT2D eigenvalue weighted by molar-refractivity contribution is 7.10. The Morgan fingerprint density at radius 2 is 2.12 bits per heavy atom. The standard InChI is InChI=1S/C13H18O3S/c1-12(2)5-3-6-13(16,8-12)10-9(11(14)15)4-7-17-10/h4,7,16H,3,5-6,8H2,1-2H3,(H,14,15). The molecule has 94 valence electrons. The second-order valence-corrected chi connectivity index (χ2v) is 6.61. The number of aromatic carboxylic acids is 1. The van der Waals surface area contributed by atoms with Crippen molar-refractivity contribution in [2.24, 2.45) is 5.41 Å². The van der Waals surface area contributed by atoms with Crippen molar-refractivity contribution in [2.75, 3.05) is 0 Å². The molecule has 1 heterocycles. The van der Waals surface area contributed by atoms with Crippen LogP contribution in [0.25, 0.3) is 0 Å². The fraction of sp³-hybridized carbons (Fsp3) is 0.615. The molecule has 1 atom stereocenters. The molecule has 0 radical (unpaired) electrons. The van der Waals surface area contributed by atoms with Gasteiger partial charge in [0.2, 0.25) is 0 Å². The van der Waals surface area contributed by atoms with Crippen molar-refractivity contribution >= 4 is 17.3 Å². The number of aliphatic hydroxyl groups is 1. The van der Waals surface area contributed by atoms with Gasteiger partial charge in [0.05, 0.1) is 10.4 Å². The van der Waals surface area contributed by atoms with E-state index in [9.17, 15) is 9.90 Å². The van der Waals surface area contributed by atoms with Gasteiger partial charge >= 0.3 is 5.97 Å². The molecule has 0 spiro atoms. The van der Waals surface area contributed by atoms with E-state index in [1.54, 1.807) is 11.4 Å². The zero-order valence-corrected chi connectivity index (χ0v) is 11.0. The average Bonchev–Trinajstić information content (AvgIpc) is 2.63. The summed E-state index contributed by atoms with van der Waals surface area (Å²) in [5, 5.41) is 21.6. The Labute approximate surface area is 105 Å². The van der Waals surface area contributed by atoms with Crippen LogP contribution < -0.4 is 0 Å². The van der Waals surface area contributed by atoms with E-state index in [0.29, 0.717) is 17.7 Å². The Balaban J connectivity index is 2.37. The van der Waals surface area contributed by atoms with E-state index in [4.69, 9.17) is 5.11 Å². The van der Waals surface area contributed by atoms with Crippen molar-refractivity contribution < 1.29 is 15.0 Å². The predicted octanol–water partition coefficient (Wildman–Crippen LogP) is 3.23. The summed E-state index contributed by atoms with van der Waals surface area (Å²) in [4.78, 5) is 11.7. The zero-order chi connectivity index (χ0) is 12.7. The van der Waals surface area contributed by atoms with Crippen molar-refractivity contribution in [3.05, 3.63) is 21.9 Å². The molecule has 1 aromatic heterocycles. The summed E-state index contributed by atoms with van der Waals surface area (Å²) in [5.74, 6) is -0.946. The molecular formula is C13H18O3S. The van der Waals surface area contributed by atoms with E-state index in [1.165, 1.54) is 11.3 Å². The van der Waals surface area contributed by atoms with E-state index < -0.39 is 11.6 Å². The van der Waals surface area contributed by atoms with Gasteiger partial charge in [-0.25, -0.2) is 4.79 Å². The summed E-state index contributed by atoms with van der Waals surface area (Å²) in [5.41, 5.74) is -0.619. The predicted molar refractivity (Wildman–Crippen MR) is 67.4 cm³/mol. The molecule has 3 nitrogen and oxygen atoms in total. The molecule has 4 heteroatoms. The van der Waals surface area contributed by atoms with Crippen molar-refractivity contribution in [3.63, 3.8) is 0 Å². The van der Waals surface area contributed by atoms with Crippen LogP contribution in [0, 0.1) is 5.41 Å². The molecule has 1 aliphatic rings. The molecule has 2 N–H and O–H groups in total. The van der Waals surface area contributed by atoms with Gasteiger partial charge in [-0.05, 0) is 42.5 Å². The second-order valence-electron chi connectivity index (χ2n) is 5.69. The summed E-state index contributed by atoms with van der Waals surface area (Å²) in [7, 11) is 0. The van der Waals surface area contributed by atoms with Gasteiger partial charge in [0.1, 0.15) is 5.60 Å². The second kappa shape index (κ2) is 4.10. The molecule has 1 aliphatic carbocycles. The van der Waals surface area contributed by atoms with Crippen LogP contribution in [-0.4, -0.2) is 16.2 Å². The van der Waals surface area contributed by atoms with E-state index in [2.05, 4.69) is 13.8 Å². The van der Waals surface area contributed by atoms with Gasteiger partial charge in [0, 0.05) is 0 Å². The molecule has 1 saturated carbocycles. The van der Waals surface area contributed by atoms with Crippen molar-refractivity contribution in [2.45, 2.75) is 45.1 Å². The molecule has 0 bridgehead atoms. The van der Waals surface area contributed by atoms with Crippen LogP contribution in [-0.2, 0) is 5.60 Å². The minimum absolute atomic E-state index is 0.0762. The van der Waals surface area contributed by atoms with Crippen LogP contribution in [0.3, 0.4) is 0 Å².